The van der Waals surface area contributed by atoms with Crippen LogP contribution in [-0.4, -0.2) is 33.8 Å². The zero-order chi connectivity index (χ0) is 18.5. The van der Waals surface area contributed by atoms with Crippen LogP contribution in [0.2, 0.25) is 0 Å². The van der Waals surface area contributed by atoms with Crippen LogP contribution < -0.4 is 5.32 Å². The van der Waals surface area contributed by atoms with Crippen molar-refractivity contribution in [3.05, 3.63) is 60.2 Å². The number of rotatable bonds is 7. The molecule has 2 N–H and O–H groups in total. The van der Waals surface area contributed by atoms with E-state index < -0.39 is 17.3 Å². The number of thiazole rings is 1. The number of amides is 1. The van der Waals surface area contributed by atoms with E-state index in [4.69, 9.17) is 0 Å². The summed E-state index contributed by atoms with van der Waals surface area (Å²) in [5.41, 5.74) is 1.67. The van der Waals surface area contributed by atoms with Crippen molar-refractivity contribution in [2.75, 3.05) is 5.75 Å². The maximum atomic E-state index is 12.8. The highest BCUT2D eigenvalue weighted by Gasteiger charge is 2.27. The molecule has 0 spiro atoms. The first kappa shape index (κ1) is 18.8. The molecule has 0 saturated heterocycles. The van der Waals surface area contributed by atoms with E-state index in [2.05, 4.69) is 22.9 Å². The van der Waals surface area contributed by atoms with Gasteiger partial charge in [-0.3, -0.25) is 4.79 Å². The molecule has 8 heteroatoms. The predicted octanol–water partition coefficient (Wildman–Crippen LogP) is 3.63. The van der Waals surface area contributed by atoms with E-state index in [1.165, 1.54) is 23.1 Å². The molecule has 1 heterocycles. The monoisotopic (exact) mass is 404 g/mol. The molecule has 26 heavy (non-hydrogen) atoms. The third-order valence-corrected chi connectivity index (χ3v) is 6.38. The number of benzene rings is 2. The first-order valence-corrected chi connectivity index (χ1v) is 10.1. The third-order valence-electron chi connectivity index (χ3n) is 3.63. The summed E-state index contributed by atoms with van der Waals surface area (Å²) >= 11 is 6.83. The number of carboxylic acids is 1. The molecule has 134 valence electrons. The van der Waals surface area contributed by atoms with Gasteiger partial charge in [0.15, 0.2) is 4.34 Å². The molecule has 0 fully saturated rings. The number of nitrogens with zero attached hydrogens (tertiary/aromatic N) is 1. The summed E-state index contributed by atoms with van der Waals surface area (Å²) in [5, 5.41) is 11.1. The number of aliphatic carboxylic acids is 1. The number of fused-ring (bicyclic) bond motifs is 1. The minimum absolute atomic E-state index is 0.0222. The minimum Gasteiger partial charge on any atom is -0.480 e. The first-order chi connectivity index (χ1) is 12.6. The number of aromatic nitrogens is 1. The lowest BCUT2D eigenvalue weighted by Crippen LogP contribution is -2.43. The van der Waals surface area contributed by atoms with Crippen LogP contribution in [0.1, 0.15) is 10.8 Å². The summed E-state index contributed by atoms with van der Waals surface area (Å²) in [6.45, 7) is 0. The molecule has 1 amide bonds. The highest BCUT2D eigenvalue weighted by Crippen LogP contribution is 2.39. The standard InChI is InChI=1S/C18H16N2O3S3/c21-16(19-13(10-24)17(22)23)15(11-6-2-1-3-7-11)26-18-20-12-8-4-5-9-14(12)25-18/h1-9,13,15,24H,10H2,(H,19,21)(H,22,23)/t13-,15?/m0/s1. The second kappa shape index (κ2) is 8.57. The van der Waals surface area contributed by atoms with Crippen LogP contribution in [0.5, 0.6) is 0 Å². The Kier molecular flexibility index (Phi) is 6.18. The Bertz CT molecular complexity index is 881. The molecule has 2 atom stereocenters. The van der Waals surface area contributed by atoms with E-state index in [0.29, 0.717) is 0 Å². The Morgan fingerprint density at radius 3 is 2.50 bits per heavy atom. The van der Waals surface area contributed by atoms with Crippen LogP contribution in [0.15, 0.2) is 58.9 Å². The lowest BCUT2D eigenvalue weighted by atomic mass is 10.1. The number of nitrogens with one attached hydrogen (secondary N) is 1. The summed E-state index contributed by atoms with van der Waals surface area (Å²) in [7, 11) is 0. The molecule has 0 aliphatic carbocycles. The topological polar surface area (TPSA) is 79.3 Å². The molecule has 3 aromatic rings. The first-order valence-electron chi connectivity index (χ1n) is 7.79. The quantitative estimate of drug-likeness (QED) is 0.414. The molecule has 0 aliphatic heterocycles. The fraction of sp³-hybridized carbons (Fsp3) is 0.167. The van der Waals surface area contributed by atoms with Crippen molar-refractivity contribution in [3.63, 3.8) is 0 Å². The van der Waals surface area contributed by atoms with Gasteiger partial charge in [0.25, 0.3) is 0 Å². The SMILES string of the molecule is O=C(N[C@@H](CS)C(=O)O)C(Sc1nc2ccccc2s1)c1ccccc1. The fourth-order valence-corrected chi connectivity index (χ4v) is 4.85. The Balaban J connectivity index is 1.88. The number of thiol groups is 1. The number of carboxylic acid groups (broad SMARTS) is 1. The van der Waals surface area contributed by atoms with E-state index >= 15 is 0 Å². The van der Waals surface area contributed by atoms with Crippen LogP contribution in [0.3, 0.4) is 0 Å². The second-order valence-corrected chi connectivity index (χ2v) is 8.19. The second-order valence-electron chi connectivity index (χ2n) is 5.44. The summed E-state index contributed by atoms with van der Waals surface area (Å²) in [6, 6.07) is 16.0. The minimum atomic E-state index is -1.11. The average Bonchev–Trinajstić information content (AvgIpc) is 3.07. The largest absolute Gasteiger partial charge is 0.480 e. The van der Waals surface area contributed by atoms with E-state index in [1.807, 2.05) is 54.6 Å². The Hall–Kier alpha value is -2.03. The number of hydrogen-bond acceptors (Lipinski definition) is 6. The molecular weight excluding hydrogens is 388 g/mol. The summed E-state index contributed by atoms with van der Waals surface area (Å²) in [5.74, 6) is -1.46. The zero-order valence-corrected chi connectivity index (χ0v) is 16.1. The van der Waals surface area contributed by atoms with Crippen molar-refractivity contribution in [1.82, 2.24) is 10.3 Å². The lowest BCUT2D eigenvalue weighted by molar-refractivity contribution is -0.141. The zero-order valence-electron chi connectivity index (χ0n) is 13.5. The van der Waals surface area contributed by atoms with Gasteiger partial charge in [-0.2, -0.15) is 12.6 Å². The number of hydrogen-bond donors (Lipinski definition) is 3. The molecular formula is C18H16N2O3S3. The van der Waals surface area contributed by atoms with E-state index in [0.717, 1.165) is 20.1 Å². The number of carbonyl (C=O) groups excluding carboxylic acids is 1. The van der Waals surface area contributed by atoms with Gasteiger partial charge >= 0.3 is 5.97 Å². The average molecular weight is 405 g/mol. The molecule has 0 aliphatic rings. The van der Waals surface area contributed by atoms with Gasteiger partial charge in [0, 0.05) is 5.75 Å². The van der Waals surface area contributed by atoms with Crippen LogP contribution in [0.4, 0.5) is 0 Å². The Morgan fingerprint density at radius 2 is 1.85 bits per heavy atom. The lowest BCUT2D eigenvalue weighted by Gasteiger charge is -2.18. The molecule has 1 aromatic heterocycles. The number of thioether (sulfide) groups is 1. The maximum absolute atomic E-state index is 12.8. The Morgan fingerprint density at radius 1 is 1.15 bits per heavy atom. The summed E-state index contributed by atoms with van der Waals surface area (Å²) in [6.07, 6.45) is 0. The smallest absolute Gasteiger partial charge is 0.327 e. The molecule has 3 rings (SSSR count). The maximum Gasteiger partial charge on any atom is 0.327 e. The van der Waals surface area contributed by atoms with Gasteiger partial charge in [-0.25, -0.2) is 9.78 Å². The van der Waals surface area contributed by atoms with Gasteiger partial charge in [0.2, 0.25) is 5.91 Å². The van der Waals surface area contributed by atoms with Gasteiger partial charge in [0.05, 0.1) is 10.2 Å². The molecule has 1 unspecified atom stereocenters. The van der Waals surface area contributed by atoms with E-state index in [-0.39, 0.29) is 11.7 Å². The van der Waals surface area contributed by atoms with Gasteiger partial charge in [-0.1, -0.05) is 54.2 Å². The van der Waals surface area contributed by atoms with Crippen molar-refractivity contribution in [2.24, 2.45) is 0 Å². The molecule has 0 bridgehead atoms. The van der Waals surface area contributed by atoms with Crippen molar-refractivity contribution in [2.45, 2.75) is 15.6 Å². The van der Waals surface area contributed by atoms with Gasteiger partial charge in [-0.15, -0.1) is 11.3 Å². The predicted molar refractivity (Wildman–Crippen MR) is 108 cm³/mol. The van der Waals surface area contributed by atoms with E-state index in [1.54, 1.807) is 0 Å². The fourth-order valence-electron chi connectivity index (χ4n) is 2.34. The van der Waals surface area contributed by atoms with Crippen molar-refractivity contribution in [1.29, 1.82) is 0 Å². The van der Waals surface area contributed by atoms with Gasteiger partial charge < -0.3 is 10.4 Å². The highest BCUT2D eigenvalue weighted by molar-refractivity contribution is 8.02. The summed E-state index contributed by atoms with van der Waals surface area (Å²) in [4.78, 5) is 28.6. The normalized spacial score (nSPS) is 13.3. The van der Waals surface area contributed by atoms with Gasteiger partial charge in [-0.05, 0) is 17.7 Å². The molecule has 5 nitrogen and oxygen atoms in total. The van der Waals surface area contributed by atoms with Crippen molar-refractivity contribution < 1.29 is 14.7 Å². The van der Waals surface area contributed by atoms with Crippen LogP contribution in [0.25, 0.3) is 10.2 Å². The van der Waals surface area contributed by atoms with Crippen LogP contribution >= 0.6 is 35.7 Å². The molecule has 0 saturated carbocycles. The summed E-state index contributed by atoms with van der Waals surface area (Å²) < 4.78 is 1.80. The van der Waals surface area contributed by atoms with E-state index in [9.17, 15) is 14.7 Å². The molecule has 0 radical (unpaired) electrons. The third kappa shape index (κ3) is 4.38. The Labute approximate surface area is 164 Å². The highest BCUT2D eigenvalue weighted by atomic mass is 32.2. The number of carbonyl (C=O) groups is 2. The van der Waals surface area contributed by atoms with Crippen molar-refractivity contribution >= 4 is 57.8 Å². The van der Waals surface area contributed by atoms with Crippen LogP contribution in [0, 0.1) is 0 Å². The number of para-hydroxylation sites is 1. The van der Waals surface area contributed by atoms with Crippen molar-refractivity contribution in [3.8, 4) is 0 Å². The molecule has 2 aromatic carbocycles. The van der Waals surface area contributed by atoms with Gasteiger partial charge in [0.1, 0.15) is 11.3 Å². The van der Waals surface area contributed by atoms with Crippen LogP contribution in [-0.2, 0) is 9.59 Å².